The van der Waals surface area contributed by atoms with Crippen molar-refractivity contribution in [3.05, 3.63) is 64.4 Å². The van der Waals surface area contributed by atoms with Crippen molar-refractivity contribution in [2.45, 2.75) is 25.4 Å². The second-order valence-electron chi connectivity index (χ2n) is 6.23. The van der Waals surface area contributed by atoms with Gasteiger partial charge in [-0.3, -0.25) is 4.79 Å². The van der Waals surface area contributed by atoms with Crippen LogP contribution >= 0.6 is 11.6 Å². The SMILES string of the molecule is N#Cc1ccc(Cl)cc1NC(=O)C[NH+](Cc1ccccc1F)C1CC1. The van der Waals surface area contributed by atoms with Crippen LogP contribution in [0.1, 0.15) is 24.0 Å². The minimum Gasteiger partial charge on any atom is -0.321 e. The number of nitriles is 1. The number of anilines is 1. The van der Waals surface area contributed by atoms with Crippen LogP contribution in [-0.2, 0) is 11.3 Å². The first-order valence-electron chi connectivity index (χ1n) is 8.14. The Morgan fingerprint density at radius 2 is 2.08 bits per heavy atom. The van der Waals surface area contributed by atoms with Crippen molar-refractivity contribution in [3.63, 3.8) is 0 Å². The molecule has 1 aliphatic carbocycles. The number of rotatable bonds is 6. The zero-order chi connectivity index (χ0) is 17.8. The standard InChI is InChI=1S/C19H17ClFN3O/c20-15-6-5-13(10-22)18(9-15)23-19(25)12-24(16-7-8-16)11-14-3-1-2-4-17(14)21/h1-6,9,16H,7-8,11-12H2,(H,23,25)/p+1. The summed E-state index contributed by atoms with van der Waals surface area (Å²) in [5, 5.41) is 12.3. The number of hydrogen-bond donors (Lipinski definition) is 2. The molecule has 0 spiro atoms. The third-order valence-corrected chi connectivity index (χ3v) is 4.53. The molecule has 2 aromatic rings. The molecule has 0 bridgehead atoms. The molecule has 0 aromatic heterocycles. The Labute approximate surface area is 150 Å². The van der Waals surface area contributed by atoms with Crippen LogP contribution in [0.15, 0.2) is 42.5 Å². The van der Waals surface area contributed by atoms with Crippen molar-refractivity contribution in [2.24, 2.45) is 0 Å². The molecule has 1 atom stereocenters. The van der Waals surface area contributed by atoms with Crippen molar-refractivity contribution in [1.82, 2.24) is 0 Å². The lowest BCUT2D eigenvalue weighted by Gasteiger charge is -2.19. The fraction of sp³-hybridized carbons (Fsp3) is 0.263. The summed E-state index contributed by atoms with van der Waals surface area (Å²) < 4.78 is 13.9. The van der Waals surface area contributed by atoms with Gasteiger partial charge in [0.1, 0.15) is 18.4 Å². The first-order chi connectivity index (χ1) is 12.1. The van der Waals surface area contributed by atoms with Gasteiger partial charge in [0.2, 0.25) is 0 Å². The smallest absolute Gasteiger partial charge is 0.279 e. The normalized spacial score (nSPS) is 14.6. The van der Waals surface area contributed by atoms with E-state index in [4.69, 9.17) is 16.9 Å². The Morgan fingerprint density at radius 1 is 1.32 bits per heavy atom. The monoisotopic (exact) mass is 358 g/mol. The summed E-state index contributed by atoms with van der Waals surface area (Å²) >= 11 is 5.94. The highest BCUT2D eigenvalue weighted by Crippen LogP contribution is 2.20. The number of carbonyl (C=O) groups excluding carboxylic acids is 1. The van der Waals surface area contributed by atoms with Gasteiger partial charge in [-0.25, -0.2) is 4.39 Å². The number of nitrogens with one attached hydrogen (secondary N) is 2. The second-order valence-corrected chi connectivity index (χ2v) is 6.66. The molecule has 3 rings (SSSR count). The molecule has 2 N–H and O–H groups in total. The lowest BCUT2D eigenvalue weighted by molar-refractivity contribution is -0.917. The van der Waals surface area contributed by atoms with Crippen LogP contribution in [0.3, 0.4) is 0 Å². The minimum absolute atomic E-state index is 0.211. The molecule has 0 aliphatic heterocycles. The fourth-order valence-electron chi connectivity index (χ4n) is 2.85. The van der Waals surface area contributed by atoms with Crippen LogP contribution < -0.4 is 10.2 Å². The van der Waals surface area contributed by atoms with E-state index in [0.29, 0.717) is 34.4 Å². The Kier molecular flexibility index (Phi) is 5.32. The summed E-state index contributed by atoms with van der Waals surface area (Å²) in [5.74, 6) is -0.459. The molecule has 0 radical (unpaired) electrons. The van der Waals surface area contributed by atoms with E-state index < -0.39 is 0 Å². The van der Waals surface area contributed by atoms with Crippen LogP contribution in [0, 0.1) is 17.1 Å². The van der Waals surface area contributed by atoms with Gasteiger partial charge < -0.3 is 10.2 Å². The molecule has 1 fully saturated rings. The molecule has 0 heterocycles. The largest absolute Gasteiger partial charge is 0.321 e. The van der Waals surface area contributed by atoms with Crippen molar-refractivity contribution < 1.29 is 14.1 Å². The predicted octanol–water partition coefficient (Wildman–Crippen LogP) is 2.54. The van der Waals surface area contributed by atoms with Gasteiger partial charge in [0.25, 0.3) is 5.91 Å². The number of amides is 1. The molecule has 6 heteroatoms. The molecule has 128 valence electrons. The first kappa shape index (κ1) is 17.4. The van der Waals surface area contributed by atoms with Crippen molar-refractivity contribution >= 4 is 23.2 Å². The number of nitrogens with zero attached hydrogens (tertiary/aromatic N) is 1. The maximum absolute atomic E-state index is 13.9. The van der Waals surface area contributed by atoms with Crippen molar-refractivity contribution in [2.75, 3.05) is 11.9 Å². The molecule has 2 aromatic carbocycles. The van der Waals surface area contributed by atoms with Crippen molar-refractivity contribution in [3.8, 4) is 6.07 Å². The first-order valence-corrected chi connectivity index (χ1v) is 8.52. The second kappa shape index (κ2) is 7.64. The summed E-state index contributed by atoms with van der Waals surface area (Å²) in [6.07, 6.45) is 2.08. The summed E-state index contributed by atoms with van der Waals surface area (Å²) in [7, 11) is 0. The molecular formula is C19H18ClFN3O+. The van der Waals surface area contributed by atoms with Gasteiger partial charge in [0.15, 0.2) is 6.54 Å². The van der Waals surface area contributed by atoms with E-state index >= 15 is 0 Å². The van der Waals surface area contributed by atoms with Gasteiger partial charge in [0, 0.05) is 23.4 Å². The number of hydrogen-bond acceptors (Lipinski definition) is 2. The van der Waals surface area contributed by atoms with E-state index in [-0.39, 0.29) is 18.3 Å². The van der Waals surface area contributed by atoms with Crippen LogP contribution in [0.4, 0.5) is 10.1 Å². The van der Waals surface area contributed by atoms with Crippen LogP contribution in [-0.4, -0.2) is 18.5 Å². The summed E-state index contributed by atoms with van der Waals surface area (Å²) in [5.41, 5.74) is 1.37. The molecule has 1 amide bonds. The Balaban J connectivity index is 1.69. The van der Waals surface area contributed by atoms with Gasteiger partial charge in [0.05, 0.1) is 17.3 Å². The highest BCUT2D eigenvalue weighted by Gasteiger charge is 2.35. The summed E-state index contributed by atoms with van der Waals surface area (Å²) in [4.78, 5) is 13.5. The van der Waals surface area contributed by atoms with Gasteiger partial charge >= 0.3 is 0 Å². The molecule has 1 unspecified atom stereocenters. The molecule has 4 nitrogen and oxygen atoms in total. The number of quaternary nitrogens is 1. The lowest BCUT2D eigenvalue weighted by atomic mass is 10.2. The maximum atomic E-state index is 13.9. The summed E-state index contributed by atoms with van der Waals surface area (Å²) in [6, 6.07) is 13.8. The van der Waals surface area contributed by atoms with Crippen molar-refractivity contribution in [1.29, 1.82) is 5.26 Å². The van der Waals surface area contributed by atoms with E-state index in [0.717, 1.165) is 17.7 Å². The van der Waals surface area contributed by atoms with Gasteiger partial charge in [-0.2, -0.15) is 5.26 Å². The molecule has 0 saturated heterocycles. The average Bonchev–Trinajstić information content (AvgIpc) is 3.41. The highest BCUT2D eigenvalue weighted by atomic mass is 35.5. The van der Waals surface area contributed by atoms with Crippen LogP contribution in [0.25, 0.3) is 0 Å². The predicted molar refractivity (Wildman–Crippen MR) is 93.8 cm³/mol. The third-order valence-electron chi connectivity index (χ3n) is 4.29. The minimum atomic E-state index is -0.248. The zero-order valence-corrected chi connectivity index (χ0v) is 14.3. The topological polar surface area (TPSA) is 57.3 Å². The third kappa shape index (κ3) is 4.56. The van der Waals surface area contributed by atoms with E-state index in [1.807, 2.05) is 6.07 Å². The Morgan fingerprint density at radius 3 is 2.76 bits per heavy atom. The molecule has 1 saturated carbocycles. The van der Waals surface area contributed by atoms with Gasteiger partial charge in [-0.1, -0.05) is 29.8 Å². The number of benzene rings is 2. The molecule has 1 aliphatic rings. The van der Waals surface area contributed by atoms with Crippen LogP contribution in [0.5, 0.6) is 0 Å². The number of carbonyl (C=O) groups is 1. The maximum Gasteiger partial charge on any atom is 0.279 e. The Hall–Kier alpha value is -2.42. The van der Waals surface area contributed by atoms with Crippen LogP contribution in [0.2, 0.25) is 5.02 Å². The van der Waals surface area contributed by atoms with E-state index in [1.165, 1.54) is 6.07 Å². The zero-order valence-electron chi connectivity index (χ0n) is 13.6. The molecule has 25 heavy (non-hydrogen) atoms. The number of halogens is 2. The average molecular weight is 359 g/mol. The fourth-order valence-corrected chi connectivity index (χ4v) is 3.02. The summed E-state index contributed by atoms with van der Waals surface area (Å²) in [6.45, 7) is 0.682. The van der Waals surface area contributed by atoms with E-state index in [1.54, 1.807) is 36.4 Å². The highest BCUT2D eigenvalue weighted by molar-refractivity contribution is 6.31. The Bertz CT molecular complexity index is 830. The van der Waals surface area contributed by atoms with E-state index in [9.17, 15) is 9.18 Å². The van der Waals surface area contributed by atoms with Gasteiger partial charge in [-0.05, 0) is 24.3 Å². The van der Waals surface area contributed by atoms with Gasteiger partial charge in [-0.15, -0.1) is 0 Å². The quantitative estimate of drug-likeness (QED) is 0.833. The lowest BCUT2D eigenvalue weighted by Crippen LogP contribution is -3.13. The van der Waals surface area contributed by atoms with E-state index in [2.05, 4.69) is 5.32 Å². The molecular weight excluding hydrogens is 341 g/mol.